The van der Waals surface area contributed by atoms with Crippen molar-refractivity contribution in [2.75, 3.05) is 13.2 Å². The van der Waals surface area contributed by atoms with Crippen LogP contribution in [0.1, 0.15) is 19.8 Å². The molecule has 1 atom stereocenters. The lowest BCUT2D eigenvalue weighted by Gasteiger charge is -2.31. The van der Waals surface area contributed by atoms with E-state index in [4.69, 9.17) is 4.74 Å². The summed E-state index contributed by atoms with van der Waals surface area (Å²) in [7, 11) is 0. The van der Waals surface area contributed by atoms with Crippen LogP contribution in [0.4, 0.5) is 0 Å². The monoisotopic (exact) mass is 313 g/mol. The maximum absolute atomic E-state index is 12.3. The Morgan fingerprint density at radius 3 is 2.70 bits per heavy atom. The number of ether oxygens (including phenoxy) is 1. The number of carboxylic acids is 1. The van der Waals surface area contributed by atoms with Crippen LogP contribution in [-0.4, -0.2) is 40.6 Å². The Kier molecular flexibility index (Phi) is 3.94. The summed E-state index contributed by atoms with van der Waals surface area (Å²) in [5.74, 6) is -0.650. The van der Waals surface area contributed by atoms with Gasteiger partial charge in [-0.3, -0.25) is 4.79 Å². The predicted octanol–water partition coefficient (Wildman–Crippen LogP) is 2.68. The van der Waals surface area contributed by atoms with Gasteiger partial charge < -0.3 is 14.7 Å². The molecule has 1 amide bonds. The van der Waals surface area contributed by atoms with E-state index in [1.54, 1.807) is 6.92 Å². The molecule has 2 aromatic carbocycles. The van der Waals surface area contributed by atoms with Gasteiger partial charge in [0.05, 0.1) is 0 Å². The molecule has 1 aliphatic rings. The number of carbonyl (C=O) groups excluding carboxylic acids is 1. The number of benzene rings is 2. The van der Waals surface area contributed by atoms with Crippen molar-refractivity contribution in [3.05, 3.63) is 42.5 Å². The van der Waals surface area contributed by atoms with Crippen LogP contribution in [0.15, 0.2) is 42.5 Å². The predicted molar refractivity (Wildman–Crippen MR) is 86.4 cm³/mol. The van der Waals surface area contributed by atoms with Crippen molar-refractivity contribution >= 4 is 22.6 Å². The lowest BCUT2D eigenvalue weighted by Crippen LogP contribution is -2.52. The molecule has 0 aromatic heterocycles. The van der Waals surface area contributed by atoms with Gasteiger partial charge in [-0.1, -0.05) is 30.3 Å². The molecule has 5 heteroatoms. The molecular formula is C18H19NO4. The van der Waals surface area contributed by atoms with Gasteiger partial charge >= 0.3 is 5.97 Å². The Labute approximate surface area is 134 Å². The maximum Gasteiger partial charge on any atom is 0.329 e. The van der Waals surface area contributed by atoms with Crippen LogP contribution in [0.5, 0.6) is 5.75 Å². The fraction of sp³-hybridized carbons (Fsp3) is 0.333. The smallest absolute Gasteiger partial charge is 0.329 e. The summed E-state index contributed by atoms with van der Waals surface area (Å²) in [5.41, 5.74) is -1.12. The molecule has 1 N–H and O–H groups in total. The van der Waals surface area contributed by atoms with Crippen molar-refractivity contribution in [3.63, 3.8) is 0 Å². The summed E-state index contributed by atoms with van der Waals surface area (Å²) < 4.78 is 5.58. The average Bonchev–Trinajstić information content (AvgIpc) is 2.96. The van der Waals surface area contributed by atoms with Gasteiger partial charge in [0.25, 0.3) is 5.91 Å². The van der Waals surface area contributed by atoms with Gasteiger partial charge in [-0.15, -0.1) is 0 Å². The number of hydrogen-bond acceptors (Lipinski definition) is 3. The van der Waals surface area contributed by atoms with E-state index in [9.17, 15) is 14.7 Å². The molecule has 0 spiro atoms. The number of carboxylic acid groups (broad SMARTS) is 1. The van der Waals surface area contributed by atoms with Crippen LogP contribution in [0.25, 0.3) is 10.8 Å². The largest absolute Gasteiger partial charge is 0.484 e. The zero-order valence-electron chi connectivity index (χ0n) is 13.0. The first-order valence-electron chi connectivity index (χ1n) is 7.66. The Balaban J connectivity index is 1.69. The Morgan fingerprint density at radius 1 is 1.22 bits per heavy atom. The SMILES string of the molecule is CC1(C(=O)O)CCCN1C(=O)COc1ccc2ccccc2c1. The summed E-state index contributed by atoms with van der Waals surface area (Å²) >= 11 is 0. The molecule has 2 aromatic rings. The zero-order chi connectivity index (χ0) is 16.4. The number of aliphatic carboxylic acids is 1. The Bertz CT molecular complexity index is 758. The van der Waals surface area contributed by atoms with Crippen molar-refractivity contribution in [2.24, 2.45) is 0 Å². The first-order chi connectivity index (χ1) is 11.0. The number of hydrogen-bond donors (Lipinski definition) is 1. The van der Waals surface area contributed by atoms with E-state index in [1.807, 2.05) is 42.5 Å². The van der Waals surface area contributed by atoms with Crippen LogP contribution < -0.4 is 4.74 Å². The summed E-state index contributed by atoms with van der Waals surface area (Å²) in [6.45, 7) is 1.90. The molecule has 0 bridgehead atoms. The van der Waals surface area contributed by atoms with E-state index < -0.39 is 11.5 Å². The normalized spacial score (nSPS) is 20.7. The molecule has 1 aliphatic heterocycles. The molecule has 23 heavy (non-hydrogen) atoms. The zero-order valence-corrected chi connectivity index (χ0v) is 13.0. The van der Waals surface area contributed by atoms with Crippen molar-refractivity contribution in [3.8, 4) is 5.75 Å². The average molecular weight is 313 g/mol. The van der Waals surface area contributed by atoms with E-state index in [0.717, 1.165) is 10.8 Å². The number of amides is 1. The second-order valence-corrected chi connectivity index (χ2v) is 6.03. The highest BCUT2D eigenvalue weighted by Crippen LogP contribution is 2.29. The molecule has 1 fully saturated rings. The van der Waals surface area contributed by atoms with E-state index in [1.165, 1.54) is 4.90 Å². The molecule has 0 aliphatic carbocycles. The topological polar surface area (TPSA) is 66.8 Å². The van der Waals surface area contributed by atoms with Crippen LogP contribution in [0, 0.1) is 0 Å². The van der Waals surface area contributed by atoms with Crippen LogP contribution in [-0.2, 0) is 9.59 Å². The number of rotatable bonds is 4. The molecule has 1 saturated heterocycles. The molecular weight excluding hydrogens is 294 g/mol. The van der Waals surface area contributed by atoms with Gasteiger partial charge in [0.15, 0.2) is 6.61 Å². The second kappa shape index (κ2) is 5.91. The van der Waals surface area contributed by atoms with E-state index in [-0.39, 0.29) is 12.5 Å². The van der Waals surface area contributed by atoms with Gasteiger partial charge in [0.2, 0.25) is 0 Å². The summed E-state index contributed by atoms with van der Waals surface area (Å²) in [6.07, 6.45) is 1.18. The Hall–Kier alpha value is -2.56. The number of carbonyl (C=O) groups is 2. The Morgan fingerprint density at radius 2 is 1.96 bits per heavy atom. The third-order valence-electron chi connectivity index (χ3n) is 4.49. The number of fused-ring (bicyclic) bond motifs is 1. The standard InChI is InChI=1S/C18H19NO4/c1-18(17(21)22)9-4-10-19(18)16(20)12-23-15-8-7-13-5-2-3-6-14(13)11-15/h2-3,5-8,11H,4,9-10,12H2,1H3,(H,21,22). The van der Waals surface area contributed by atoms with Crippen LogP contribution in [0.2, 0.25) is 0 Å². The van der Waals surface area contributed by atoms with Gasteiger partial charge in [-0.05, 0) is 42.7 Å². The number of likely N-dealkylation sites (tertiary alicyclic amines) is 1. The molecule has 3 rings (SSSR count). The first kappa shape index (κ1) is 15.3. The second-order valence-electron chi connectivity index (χ2n) is 6.03. The van der Waals surface area contributed by atoms with E-state index >= 15 is 0 Å². The van der Waals surface area contributed by atoms with Gasteiger partial charge in [0, 0.05) is 6.54 Å². The first-order valence-corrected chi connectivity index (χ1v) is 7.66. The van der Waals surface area contributed by atoms with E-state index in [2.05, 4.69) is 0 Å². The van der Waals surface area contributed by atoms with Crippen molar-refractivity contribution < 1.29 is 19.4 Å². The minimum Gasteiger partial charge on any atom is -0.484 e. The third kappa shape index (κ3) is 2.86. The minimum absolute atomic E-state index is 0.152. The van der Waals surface area contributed by atoms with Gasteiger partial charge in [-0.25, -0.2) is 4.79 Å². The van der Waals surface area contributed by atoms with Crippen molar-refractivity contribution in [1.29, 1.82) is 0 Å². The highest BCUT2D eigenvalue weighted by molar-refractivity contribution is 5.88. The summed E-state index contributed by atoms with van der Waals surface area (Å²) in [6, 6.07) is 13.5. The van der Waals surface area contributed by atoms with Crippen molar-refractivity contribution in [1.82, 2.24) is 4.90 Å². The lowest BCUT2D eigenvalue weighted by molar-refractivity contribution is -0.156. The third-order valence-corrected chi connectivity index (χ3v) is 4.49. The van der Waals surface area contributed by atoms with Gasteiger partial charge in [-0.2, -0.15) is 0 Å². The molecule has 1 unspecified atom stereocenters. The van der Waals surface area contributed by atoms with Crippen molar-refractivity contribution in [2.45, 2.75) is 25.3 Å². The van der Waals surface area contributed by atoms with Gasteiger partial charge in [0.1, 0.15) is 11.3 Å². The highest BCUT2D eigenvalue weighted by Gasteiger charge is 2.45. The van der Waals surface area contributed by atoms with Crippen LogP contribution in [0.3, 0.4) is 0 Å². The molecule has 120 valence electrons. The molecule has 5 nitrogen and oxygen atoms in total. The quantitative estimate of drug-likeness (QED) is 0.942. The number of nitrogens with zero attached hydrogens (tertiary/aromatic N) is 1. The molecule has 0 radical (unpaired) electrons. The van der Waals surface area contributed by atoms with E-state index in [0.29, 0.717) is 25.1 Å². The molecule has 0 saturated carbocycles. The highest BCUT2D eigenvalue weighted by atomic mass is 16.5. The maximum atomic E-state index is 12.3. The molecule has 1 heterocycles. The lowest BCUT2D eigenvalue weighted by atomic mass is 9.99. The van der Waals surface area contributed by atoms with Crippen LogP contribution >= 0.6 is 0 Å². The summed E-state index contributed by atoms with van der Waals surface area (Å²) in [4.78, 5) is 25.2. The fourth-order valence-electron chi connectivity index (χ4n) is 3.07. The summed E-state index contributed by atoms with van der Waals surface area (Å²) in [5, 5.41) is 11.5. The minimum atomic E-state index is -1.12. The fourth-order valence-corrected chi connectivity index (χ4v) is 3.07.